The first-order valence-corrected chi connectivity index (χ1v) is 10.8. The summed E-state index contributed by atoms with van der Waals surface area (Å²) >= 11 is 0. The number of aromatic nitrogens is 2. The van der Waals surface area contributed by atoms with Gasteiger partial charge in [0.2, 0.25) is 5.91 Å². The van der Waals surface area contributed by atoms with E-state index >= 15 is 0 Å². The number of carbonyl (C=O) groups excluding carboxylic acids is 2. The molecular weight excluding hydrogens is 438 g/mol. The Kier molecular flexibility index (Phi) is 5.49. The van der Waals surface area contributed by atoms with E-state index < -0.39 is 23.5 Å². The summed E-state index contributed by atoms with van der Waals surface area (Å²) in [5.41, 5.74) is 10.2. The molecule has 8 heteroatoms. The lowest BCUT2D eigenvalue weighted by Crippen LogP contribution is -2.19. The van der Waals surface area contributed by atoms with Crippen LogP contribution in [0.1, 0.15) is 39.5 Å². The van der Waals surface area contributed by atoms with Gasteiger partial charge in [-0.2, -0.15) is 0 Å². The summed E-state index contributed by atoms with van der Waals surface area (Å²) in [6, 6.07) is 16.0. The SMILES string of the molecule is NC(=O)C[C@H](Cc1cc(F)cc(F)c1)c1nc2ccccc2nc1-c1ccc2c(c1)C(=O)NC2. The van der Waals surface area contributed by atoms with E-state index in [1.807, 2.05) is 30.3 Å². The number of primary amides is 1. The number of nitrogens with two attached hydrogens (primary N) is 1. The Labute approximate surface area is 193 Å². The van der Waals surface area contributed by atoms with Gasteiger partial charge in [0.1, 0.15) is 11.6 Å². The molecule has 1 atom stereocenters. The average molecular weight is 458 g/mol. The van der Waals surface area contributed by atoms with Gasteiger partial charge in [-0.3, -0.25) is 9.59 Å². The number of fused-ring (bicyclic) bond motifs is 2. The quantitative estimate of drug-likeness (QED) is 0.456. The molecule has 6 nitrogen and oxygen atoms in total. The molecule has 3 N–H and O–H groups in total. The van der Waals surface area contributed by atoms with Crippen molar-refractivity contribution >= 4 is 22.8 Å². The van der Waals surface area contributed by atoms with Crippen LogP contribution >= 0.6 is 0 Å². The van der Waals surface area contributed by atoms with E-state index in [-0.39, 0.29) is 18.7 Å². The van der Waals surface area contributed by atoms with Gasteiger partial charge in [-0.25, -0.2) is 18.7 Å². The third-order valence-electron chi connectivity index (χ3n) is 5.90. The van der Waals surface area contributed by atoms with E-state index in [2.05, 4.69) is 5.32 Å². The fourth-order valence-corrected chi connectivity index (χ4v) is 4.39. The number of carbonyl (C=O) groups is 2. The van der Waals surface area contributed by atoms with Gasteiger partial charge in [-0.1, -0.05) is 24.3 Å². The van der Waals surface area contributed by atoms with Gasteiger partial charge in [0.25, 0.3) is 5.91 Å². The van der Waals surface area contributed by atoms with Gasteiger partial charge < -0.3 is 11.1 Å². The zero-order valence-electron chi connectivity index (χ0n) is 18.0. The zero-order valence-corrected chi connectivity index (χ0v) is 18.0. The molecule has 34 heavy (non-hydrogen) atoms. The molecule has 2 amide bonds. The van der Waals surface area contributed by atoms with E-state index in [4.69, 9.17) is 15.7 Å². The van der Waals surface area contributed by atoms with Crippen molar-refractivity contribution in [2.75, 3.05) is 0 Å². The minimum atomic E-state index is -0.706. The first-order valence-electron chi connectivity index (χ1n) is 10.8. The minimum absolute atomic E-state index is 0.0937. The van der Waals surface area contributed by atoms with Crippen molar-refractivity contribution in [1.29, 1.82) is 0 Å². The van der Waals surface area contributed by atoms with E-state index in [0.717, 1.165) is 11.6 Å². The maximum Gasteiger partial charge on any atom is 0.251 e. The van der Waals surface area contributed by atoms with Crippen LogP contribution in [0.2, 0.25) is 0 Å². The molecule has 0 saturated carbocycles. The van der Waals surface area contributed by atoms with Crippen molar-refractivity contribution in [3.05, 3.63) is 94.7 Å². The highest BCUT2D eigenvalue weighted by atomic mass is 19.1. The Hall–Kier alpha value is -4.20. The molecule has 0 saturated heterocycles. The Morgan fingerprint density at radius 1 is 1.00 bits per heavy atom. The number of nitrogens with zero attached hydrogens (tertiary/aromatic N) is 2. The number of halogens is 2. The summed E-state index contributed by atoms with van der Waals surface area (Å²) in [5.74, 6) is -2.75. The molecule has 1 aromatic heterocycles. The molecule has 0 unspecified atom stereocenters. The molecule has 5 rings (SSSR count). The van der Waals surface area contributed by atoms with Crippen LogP contribution in [0.15, 0.2) is 60.7 Å². The summed E-state index contributed by atoms with van der Waals surface area (Å²) in [7, 11) is 0. The maximum atomic E-state index is 13.9. The first kappa shape index (κ1) is 21.6. The van der Waals surface area contributed by atoms with Crippen molar-refractivity contribution in [2.24, 2.45) is 5.73 Å². The summed E-state index contributed by atoms with van der Waals surface area (Å²) in [6.07, 6.45) is 0.0344. The van der Waals surface area contributed by atoms with Crippen LogP contribution in [0, 0.1) is 11.6 Å². The van der Waals surface area contributed by atoms with E-state index in [1.54, 1.807) is 12.1 Å². The predicted molar refractivity (Wildman–Crippen MR) is 123 cm³/mol. The number of para-hydroxylation sites is 2. The van der Waals surface area contributed by atoms with E-state index in [0.29, 0.717) is 45.7 Å². The summed E-state index contributed by atoms with van der Waals surface area (Å²) in [4.78, 5) is 33.8. The smallest absolute Gasteiger partial charge is 0.251 e. The topological polar surface area (TPSA) is 98.0 Å². The Morgan fingerprint density at radius 2 is 1.71 bits per heavy atom. The van der Waals surface area contributed by atoms with Crippen LogP contribution < -0.4 is 11.1 Å². The fourth-order valence-electron chi connectivity index (χ4n) is 4.39. The lowest BCUT2D eigenvalue weighted by molar-refractivity contribution is -0.118. The lowest BCUT2D eigenvalue weighted by atomic mass is 9.89. The molecular formula is C26H20F2N4O2. The second-order valence-corrected chi connectivity index (χ2v) is 8.35. The molecule has 1 aliphatic heterocycles. The predicted octanol–water partition coefficient (Wildman–Crippen LogP) is 4.02. The highest BCUT2D eigenvalue weighted by molar-refractivity contribution is 5.99. The maximum absolute atomic E-state index is 13.9. The van der Waals surface area contributed by atoms with Crippen LogP contribution in [0.5, 0.6) is 0 Å². The van der Waals surface area contributed by atoms with Crippen LogP contribution in [-0.4, -0.2) is 21.8 Å². The van der Waals surface area contributed by atoms with Crippen molar-refractivity contribution in [2.45, 2.75) is 25.3 Å². The van der Waals surface area contributed by atoms with Gasteiger partial charge in [0, 0.05) is 36.1 Å². The lowest BCUT2D eigenvalue weighted by Gasteiger charge is -2.19. The van der Waals surface area contributed by atoms with Crippen molar-refractivity contribution < 1.29 is 18.4 Å². The standard InChI is InChI=1S/C26H20F2N4O2/c27-18-8-14(9-19(28)12-18)7-17(11-23(29)33)25-24(31-21-3-1-2-4-22(21)32-25)15-5-6-16-13-30-26(34)20(16)10-15/h1-6,8-10,12,17H,7,11,13H2,(H2,29,33)(H,30,34)/t17-/m0/s1. The third kappa shape index (κ3) is 4.22. The molecule has 1 aliphatic rings. The average Bonchev–Trinajstić information content (AvgIpc) is 3.17. The van der Waals surface area contributed by atoms with Gasteiger partial charge >= 0.3 is 0 Å². The van der Waals surface area contributed by atoms with Gasteiger partial charge in [0.05, 0.1) is 22.4 Å². The molecule has 0 bridgehead atoms. The van der Waals surface area contributed by atoms with Crippen molar-refractivity contribution in [3.8, 4) is 11.3 Å². The Morgan fingerprint density at radius 3 is 2.41 bits per heavy atom. The molecule has 170 valence electrons. The largest absolute Gasteiger partial charge is 0.370 e. The Bertz CT molecular complexity index is 1430. The Balaban J connectivity index is 1.68. The molecule has 4 aromatic rings. The van der Waals surface area contributed by atoms with Gasteiger partial charge in [-0.05, 0) is 47.9 Å². The normalized spacial score (nSPS) is 13.5. The second kappa shape index (κ2) is 8.62. The fraction of sp³-hybridized carbons (Fsp3) is 0.154. The van der Waals surface area contributed by atoms with Crippen LogP contribution in [0.4, 0.5) is 8.78 Å². The monoisotopic (exact) mass is 458 g/mol. The summed E-state index contributed by atoms with van der Waals surface area (Å²) in [6.45, 7) is 0.458. The van der Waals surface area contributed by atoms with E-state index in [1.165, 1.54) is 12.1 Å². The van der Waals surface area contributed by atoms with Crippen LogP contribution in [0.25, 0.3) is 22.3 Å². The number of hydrogen-bond donors (Lipinski definition) is 2. The van der Waals surface area contributed by atoms with Crippen molar-refractivity contribution in [1.82, 2.24) is 15.3 Å². The highest BCUT2D eigenvalue weighted by Gasteiger charge is 2.25. The van der Waals surface area contributed by atoms with Crippen LogP contribution in [0.3, 0.4) is 0 Å². The minimum Gasteiger partial charge on any atom is -0.370 e. The molecule has 0 aliphatic carbocycles. The van der Waals surface area contributed by atoms with Crippen molar-refractivity contribution in [3.63, 3.8) is 0 Å². The summed E-state index contributed by atoms with van der Waals surface area (Å²) < 4.78 is 27.7. The molecule has 2 heterocycles. The highest BCUT2D eigenvalue weighted by Crippen LogP contribution is 2.34. The van der Waals surface area contributed by atoms with E-state index in [9.17, 15) is 18.4 Å². The zero-order chi connectivity index (χ0) is 23.8. The third-order valence-corrected chi connectivity index (χ3v) is 5.90. The number of rotatable bonds is 6. The number of nitrogens with one attached hydrogen (secondary N) is 1. The van der Waals surface area contributed by atoms with Crippen LogP contribution in [-0.2, 0) is 17.8 Å². The molecule has 0 radical (unpaired) electrons. The summed E-state index contributed by atoms with van der Waals surface area (Å²) in [5, 5.41) is 2.79. The van der Waals surface area contributed by atoms with Gasteiger partial charge in [-0.15, -0.1) is 0 Å². The molecule has 3 aromatic carbocycles. The molecule has 0 fully saturated rings. The first-order chi connectivity index (χ1) is 16.4. The second-order valence-electron chi connectivity index (χ2n) is 8.35. The number of hydrogen-bond acceptors (Lipinski definition) is 4. The number of amides is 2. The van der Waals surface area contributed by atoms with Gasteiger partial charge in [0.15, 0.2) is 0 Å². The number of benzene rings is 3. The molecule has 0 spiro atoms.